The Hall–Kier alpha value is -2.80. The van der Waals surface area contributed by atoms with Crippen LogP contribution in [-0.4, -0.2) is 27.8 Å². The lowest BCUT2D eigenvalue weighted by atomic mass is 10.1. The Morgan fingerprint density at radius 3 is 2.69 bits per heavy atom. The average Bonchev–Trinajstić information content (AvgIpc) is 3.52. The van der Waals surface area contributed by atoms with Gasteiger partial charge in [-0.05, 0) is 37.5 Å². The second-order valence-electron chi connectivity index (χ2n) is 6.99. The maximum atomic E-state index is 13.2. The van der Waals surface area contributed by atoms with E-state index < -0.39 is 5.25 Å². The SMILES string of the molecule is CCn1c(S[C@H](C(=O)Nc2cccc(OC)c2)c2ccccc2)nnc1C1CC1. The number of hydrogen-bond acceptors (Lipinski definition) is 5. The van der Waals surface area contributed by atoms with Crippen LogP contribution in [0.15, 0.2) is 59.8 Å². The third kappa shape index (κ3) is 4.45. The quantitative estimate of drug-likeness (QED) is 0.549. The topological polar surface area (TPSA) is 69.0 Å². The van der Waals surface area contributed by atoms with E-state index in [1.165, 1.54) is 24.6 Å². The van der Waals surface area contributed by atoms with Gasteiger partial charge in [0.1, 0.15) is 16.8 Å². The van der Waals surface area contributed by atoms with Crippen molar-refractivity contribution < 1.29 is 9.53 Å². The predicted octanol–water partition coefficient (Wildman–Crippen LogP) is 4.66. The van der Waals surface area contributed by atoms with Gasteiger partial charge in [0.05, 0.1) is 7.11 Å². The van der Waals surface area contributed by atoms with Crippen LogP contribution in [0.25, 0.3) is 0 Å². The fraction of sp³-hybridized carbons (Fsp3) is 0.318. The molecule has 0 unspecified atom stereocenters. The number of benzene rings is 2. The van der Waals surface area contributed by atoms with Crippen molar-refractivity contribution in [2.75, 3.05) is 12.4 Å². The van der Waals surface area contributed by atoms with Gasteiger partial charge >= 0.3 is 0 Å². The molecule has 4 rings (SSSR count). The van der Waals surface area contributed by atoms with Crippen molar-refractivity contribution in [3.05, 3.63) is 66.0 Å². The molecular weight excluding hydrogens is 384 g/mol. The highest BCUT2D eigenvalue weighted by Gasteiger charge is 2.32. The fourth-order valence-corrected chi connectivity index (χ4v) is 4.35. The van der Waals surface area contributed by atoms with Crippen LogP contribution in [0.3, 0.4) is 0 Å². The number of rotatable bonds is 8. The average molecular weight is 409 g/mol. The van der Waals surface area contributed by atoms with Crippen molar-refractivity contribution >= 4 is 23.4 Å². The van der Waals surface area contributed by atoms with Gasteiger partial charge < -0.3 is 14.6 Å². The third-order valence-corrected chi connectivity index (χ3v) is 6.14. The van der Waals surface area contributed by atoms with Gasteiger partial charge in [-0.2, -0.15) is 0 Å². The summed E-state index contributed by atoms with van der Waals surface area (Å²) in [6.45, 7) is 2.88. The molecule has 1 atom stereocenters. The van der Waals surface area contributed by atoms with E-state index in [0.717, 1.165) is 23.1 Å². The Labute approximate surface area is 174 Å². The van der Waals surface area contributed by atoms with Gasteiger partial charge in [-0.15, -0.1) is 10.2 Å². The normalized spacial score (nSPS) is 14.4. The van der Waals surface area contributed by atoms with Gasteiger partial charge in [0.2, 0.25) is 5.91 Å². The molecule has 29 heavy (non-hydrogen) atoms. The Balaban J connectivity index is 1.61. The molecule has 0 spiro atoms. The number of amides is 1. The lowest BCUT2D eigenvalue weighted by Crippen LogP contribution is -2.19. The van der Waals surface area contributed by atoms with Crippen molar-refractivity contribution in [2.45, 2.75) is 42.6 Å². The molecule has 1 heterocycles. The van der Waals surface area contributed by atoms with Crippen molar-refractivity contribution in [1.82, 2.24) is 14.8 Å². The van der Waals surface area contributed by atoms with E-state index >= 15 is 0 Å². The summed E-state index contributed by atoms with van der Waals surface area (Å²) in [5.74, 6) is 2.15. The Kier molecular flexibility index (Phi) is 5.85. The Morgan fingerprint density at radius 1 is 1.21 bits per heavy atom. The maximum Gasteiger partial charge on any atom is 0.242 e. The lowest BCUT2D eigenvalue weighted by Gasteiger charge is -2.17. The molecular formula is C22H24N4O2S. The second-order valence-corrected chi connectivity index (χ2v) is 8.06. The van der Waals surface area contributed by atoms with E-state index in [0.29, 0.717) is 17.4 Å². The highest BCUT2D eigenvalue weighted by molar-refractivity contribution is 8.00. The molecule has 1 fully saturated rings. The van der Waals surface area contributed by atoms with E-state index in [1.807, 2.05) is 54.6 Å². The lowest BCUT2D eigenvalue weighted by molar-refractivity contribution is -0.115. The van der Waals surface area contributed by atoms with Gasteiger partial charge in [0.15, 0.2) is 5.16 Å². The fourth-order valence-electron chi connectivity index (χ4n) is 3.24. The molecule has 1 N–H and O–H groups in total. The Morgan fingerprint density at radius 2 is 2.00 bits per heavy atom. The van der Waals surface area contributed by atoms with Gasteiger partial charge in [-0.3, -0.25) is 4.79 Å². The van der Waals surface area contributed by atoms with E-state index in [2.05, 4.69) is 27.0 Å². The maximum absolute atomic E-state index is 13.2. The molecule has 1 aliphatic carbocycles. The number of anilines is 1. The number of nitrogens with zero attached hydrogens (tertiary/aromatic N) is 3. The zero-order valence-corrected chi connectivity index (χ0v) is 17.4. The monoisotopic (exact) mass is 408 g/mol. The van der Waals surface area contributed by atoms with Crippen molar-refractivity contribution in [3.63, 3.8) is 0 Å². The number of carbonyl (C=O) groups excluding carboxylic acids is 1. The molecule has 7 heteroatoms. The first-order chi connectivity index (χ1) is 14.2. The first-order valence-corrected chi connectivity index (χ1v) is 10.7. The summed E-state index contributed by atoms with van der Waals surface area (Å²) >= 11 is 1.44. The molecule has 1 aliphatic rings. The zero-order valence-electron chi connectivity index (χ0n) is 16.5. The minimum atomic E-state index is -0.441. The second kappa shape index (κ2) is 8.69. The van der Waals surface area contributed by atoms with Crippen LogP contribution in [0.5, 0.6) is 5.75 Å². The molecule has 2 aromatic carbocycles. The van der Waals surface area contributed by atoms with Crippen molar-refractivity contribution in [2.24, 2.45) is 0 Å². The zero-order chi connectivity index (χ0) is 20.2. The summed E-state index contributed by atoms with van der Waals surface area (Å²) in [5.41, 5.74) is 1.63. The van der Waals surface area contributed by atoms with Crippen LogP contribution >= 0.6 is 11.8 Å². The van der Waals surface area contributed by atoms with Crippen LogP contribution in [0.2, 0.25) is 0 Å². The summed E-state index contributed by atoms with van der Waals surface area (Å²) in [4.78, 5) is 13.2. The number of carbonyl (C=O) groups is 1. The van der Waals surface area contributed by atoms with E-state index in [4.69, 9.17) is 4.74 Å². The van der Waals surface area contributed by atoms with E-state index in [-0.39, 0.29) is 5.91 Å². The summed E-state index contributed by atoms with van der Waals surface area (Å²) in [6, 6.07) is 17.2. The molecule has 1 amide bonds. The summed E-state index contributed by atoms with van der Waals surface area (Å²) in [6.07, 6.45) is 2.34. The van der Waals surface area contributed by atoms with Crippen molar-refractivity contribution in [1.29, 1.82) is 0 Å². The van der Waals surface area contributed by atoms with Crippen LogP contribution in [0.1, 0.15) is 42.3 Å². The van der Waals surface area contributed by atoms with Gasteiger partial charge in [0, 0.05) is 24.2 Å². The predicted molar refractivity (Wildman–Crippen MR) is 114 cm³/mol. The van der Waals surface area contributed by atoms with E-state index in [9.17, 15) is 4.79 Å². The van der Waals surface area contributed by atoms with Crippen molar-refractivity contribution in [3.8, 4) is 5.75 Å². The molecule has 0 saturated heterocycles. The van der Waals surface area contributed by atoms with Crippen LogP contribution in [0, 0.1) is 0 Å². The van der Waals surface area contributed by atoms with Gasteiger partial charge in [-0.1, -0.05) is 48.2 Å². The summed E-state index contributed by atoms with van der Waals surface area (Å²) in [7, 11) is 1.61. The molecule has 0 aliphatic heterocycles. The molecule has 6 nitrogen and oxygen atoms in total. The van der Waals surface area contributed by atoms with Crippen LogP contribution < -0.4 is 10.1 Å². The summed E-state index contributed by atoms with van der Waals surface area (Å²) in [5, 5.41) is 12.2. The number of nitrogens with one attached hydrogen (secondary N) is 1. The Bertz CT molecular complexity index is 985. The third-order valence-electron chi connectivity index (χ3n) is 4.91. The number of aromatic nitrogens is 3. The standard InChI is InChI=1S/C22H24N4O2S/c1-3-26-20(16-12-13-16)24-25-22(26)29-19(15-8-5-4-6-9-15)21(27)23-17-10-7-11-18(14-17)28-2/h4-11,14,16,19H,3,12-13H2,1-2H3,(H,23,27)/t19-/m0/s1. The first kappa shape index (κ1) is 19.5. The van der Waals surface area contributed by atoms with Crippen LogP contribution in [-0.2, 0) is 11.3 Å². The smallest absolute Gasteiger partial charge is 0.242 e. The van der Waals surface area contributed by atoms with Gasteiger partial charge in [0.25, 0.3) is 0 Å². The largest absolute Gasteiger partial charge is 0.497 e. The number of ether oxygens (including phenoxy) is 1. The minimum absolute atomic E-state index is 0.104. The highest BCUT2D eigenvalue weighted by atomic mass is 32.2. The number of thioether (sulfide) groups is 1. The van der Waals surface area contributed by atoms with Crippen LogP contribution in [0.4, 0.5) is 5.69 Å². The first-order valence-electron chi connectivity index (χ1n) is 9.79. The number of hydrogen-bond donors (Lipinski definition) is 1. The number of methoxy groups -OCH3 is 1. The summed E-state index contributed by atoms with van der Waals surface area (Å²) < 4.78 is 7.40. The molecule has 1 saturated carbocycles. The molecule has 0 radical (unpaired) electrons. The van der Waals surface area contributed by atoms with Gasteiger partial charge in [-0.25, -0.2) is 0 Å². The minimum Gasteiger partial charge on any atom is -0.497 e. The van der Waals surface area contributed by atoms with E-state index in [1.54, 1.807) is 7.11 Å². The molecule has 0 bridgehead atoms. The molecule has 1 aromatic heterocycles. The molecule has 3 aromatic rings. The molecule has 150 valence electrons. The highest BCUT2D eigenvalue weighted by Crippen LogP contribution is 2.42.